The smallest absolute Gasteiger partial charge is 0.160 e. The standard InChI is InChI=1S/C9H18O3/c1-8(2)11-7-12-9-5-3-4-6-10-9/h8-9H,3-7H2,1-2H3. The molecule has 0 bridgehead atoms. The fourth-order valence-corrected chi connectivity index (χ4v) is 1.09. The van der Waals surface area contributed by atoms with E-state index < -0.39 is 0 Å². The van der Waals surface area contributed by atoms with E-state index in [1.807, 2.05) is 13.8 Å². The molecule has 3 heteroatoms. The average Bonchev–Trinajstić information content (AvgIpc) is 2.05. The van der Waals surface area contributed by atoms with Crippen molar-refractivity contribution in [2.75, 3.05) is 13.4 Å². The first-order valence-electron chi connectivity index (χ1n) is 4.64. The van der Waals surface area contributed by atoms with E-state index >= 15 is 0 Å². The van der Waals surface area contributed by atoms with E-state index in [-0.39, 0.29) is 12.4 Å². The summed E-state index contributed by atoms with van der Waals surface area (Å²) in [6.07, 6.45) is 3.56. The molecule has 1 rings (SSSR count). The Morgan fingerprint density at radius 3 is 2.83 bits per heavy atom. The molecule has 0 aliphatic carbocycles. The summed E-state index contributed by atoms with van der Waals surface area (Å²) in [4.78, 5) is 0. The van der Waals surface area contributed by atoms with Crippen molar-refractivity contribution in [1.82, 2.24) is 0 Å². The highest BCUT2D eigenvalue weighted by Crippen LogP contribution is 2.13. The molecule has 1 fully saturated rings. The Balaban J connectivity index is 1.98. The van der Waals surface area contributed by atoms with Gasteiger partial charge in [0, 0.05) is 6.61 Å². The van der Waals surface area contributed by atoms with Gasteiger partial charge in [-0.1, -0.05) is 0 Å². The fraction of sp³-hybridized carbons (Fsp3) is 1.00. The fourth-order valence-electron chi connectivity index (χ4n) is 1.09. The van der Waals surface area contributed by atoms with Gasteiger partial charge in [-0.3, -0.25) is 0 Å². The van der Waals surface area contributed by atoms with Gasteiger partial charge in [-0.05, 0) is 33.1 Å². The van der Waals surface area contributed by atoms with E-state index in [0.29, 0.717) is 6.79 Å². The molecule has 0 amide bonds. The molecule has 1 heterocycles. The van der Waals surface area contributed by atoms with E-state index in [2.05, 4.69) is 0 Å². The third-order valence-electron chi connectivity index (χ3n) is 1.79. The van der Waals surface area contributed by atoms with Crippen LogP contribution in [-0.4, -0.2) is 25.8 Å². The number of ether oxygens (including phenoxy) is 3. The van der Waals surface area contributed by atoms with Crippen LogP contribution in [0.3, 0.4) is 0 Å². The third-order valence-corrected chi connectivity index (χ3v) is 1.79. The van der Waals surface area contributed by atoms with Gasteiger partial charge >= 0.3 is 0 Å². The van der Waals surface area contributed by atoms with Crippen LogP contribution in [0.5, 0.6) is 0 Å². The monoisotopic (exact) mass is 174 g/mol. The number of rotatable bonds is 4. The summed E-state index contributed by atoms with van der Waals surface area (Å²) in [5.74, 6) is 0. The maximum atomic E-state index is 5.36. The van der Waals surface area contributed by atoms with Crippen LogP contribution < -0.4 is 0 Å². The molecule has 3 nitrogen and oxygen atoms in total. The molecule has 0 N–H and O–H groups in total. The van der Waals surface area contributed by atoms with E-state index in [1.165, 1.54) is 6.42 Å². The molecule has 1 atom stereocenters. The Morgan fingerprint density at radius 1 is 1.42 bits per heavy atom. The molecule has 0 aromatic rings. The summed E-state index contributed by atoms with van der Waals surface area (Å²) in [5.41, 5.74) is 0. The number of hydrogen-bond donors (Lipinski definition) is 0. The van der Waals surface area contributed by atoms with Crippen molar-refractivity contribution in [3.05, 3.63) is 0 Å². The van der Waals surface area contributed by atoms with Crippen LogP contribution in [0.1, 0.15) is 33.1 Å². The van der Waals surface area contributed by atoms with Crippen LogP contribution >= 0.6 is 0 Å². The maximum Gasteiger partial charge on any atom is 0.160 e. The second kappa shape index (κ2) is 5.51. The first-order chi connectivity index (χ1) is 5.79. The van der Waals surface area contributed by atoms with Crippen molar-refractivity contribution < 1.29 is 14.2 Å². The van der Waals surface area contributed by atoms with Crippen LogP contribution in [0.15, 0.2) is 0 Å². The van der Waals surface area contributed by atoms with Crippen molar-refractivity contribution in [2.45, 2.75) is 45.5 Å². The van der Waals surface area contributed by atoms with Crippen LogP contribution in [0.25, 0.3) is 0 Å². The normalized spacial score (nSPS) is 24.8. The van der Waals surface area contributed by atoms with E-state index in [1.54, 1.807) is 0 Å². The van der Waals surface area contributed by atoms with Crippen molar-refractivity contribution in [1.29, 1.82) is 0 Å². The predicted molar refractivity (Wildman–Crippen MR) is 45.8 cm³/mol. The van der Waals surface area contributed by atoms with E-state index in [0.717, 1.165) is 19.4 Å². The Hall–Kier alpha value is -0.120. The third kappa shape index (κ3) is 4.04. The lowest BCUT2D eigenvalue weighted by Crippen LogP contribution is -2.24. The van der Waals surface area contributed by atoms with Crippen LogP contribution in [0.4, 0.5) is 0 Å². The summed E-state index contributed by atoms with van der Waals surface area (Å²) >= 11 is 0. The zero-order valence-corrected chi connectivity index (χ0v) is 7.91. The van der Waals surface area contributed by atoms with Gasteiger partial charge in [0.2, 0.25) is 0 Å². The lowest BCUT2D eigenvalue weighted by molar-refractivity contribution is -0.215. The SMILES string of the molecule is CC(C)OCOC1CCCCO1. The quantitative estimate of drug-likeness (QED) is 0.609. The molecular formula is C9H18O3. The number of hydrogen-bond acceptors (Lipinski definition) is 3. The molecular weight excluding hydrogens is 156 g/mol. The van der Waals surface area contributed by atoms with E-state index in [4.69, 9.17) is 14.2 Å². The van der Waals surface area contributed by atoms with Gasteiger partial charge in [0.15, 0.2) is 6.29 Å². The summed E-state index contributed by atoms with van der Waals surface area (Å²) < 4.78 is 15.9. The molecule has 1 saturated heterocycles. The Bertz CT molecular complexity index is 108. The minimum atomic E-state index is -0.0301. The van der Waals surface area contributed by atoms with Crippen molar-refractivity contribution in [3.8, 4) is 0 Å². The summed E-state index contributed by atoms with van der Waals surface area (Å²) in [7, 11) is 0. The maximum absolute atomic E-state index is 5.36. The topological polar surface area (TPSA) is 27.7 Å². The van der Waals surface area contributed by atoms with Gasteiger partial charge < -0.3 is 14.2 Å². The Labute approximate surface area is 74.0 Å². The lowest BCUT2D eigenvalue weighted by Gasteiger charge is -2.22. The van der Waals surface area contributed by atoms with Crippen molar-refractivity contribution in [2.24, 2.45) is 0 Å². The zero-order chi connectivity index (χ0) is 8.81. The minimum absolute atomic E-state index is 0.0301. The van der Waals surface area contributed by atoms with Gasteiger partial charge in [0.1, 0.15) is 6.79 Å². The Kier molecular flexibility index (Phi) is 4.58. The summed E-state index contributed by atoms with van der Waals surface area (Å²) in [6.45, 7) is 5.16. The second-order valence-corrected chi connectivity index (χ2v) is 3.30. The average molecular weight is 174 g/mol. The highest BCUT2D eigenvalue weighted by atomic mass is 16.7. The highest BCUT2D eigenvalue weighted by Gasteiger charge is 2.13. The minimum Gasteiger partial charge on any atom is -0.353 e. The van der Waals surface area contributed by atoms with Crippen LogP contribution in [-0.2, 0) is 14.2 Å². The summed E-state index contributed by atoms with van der Waals surface area (Å²) in [5, 5.41) is 0. The van der Waals surface area contributed by atoms with Crippen molar-refractivity contribution in [3.63, 3.8) is 0 Å². The molecule has 1 aliphatic heterocycles. The molecule has 0 spiro atoms. The lowest BCUT2D eigenvalue weighted by atomic mass is 10.2. The molecule has 1 aliphatic rings. The van der Waals surface area contributed by atoms with Gasteiger partial charge in [0.25, 0.3) is 0 Å². The summed E-state index contributed by atoms with van der Waals surface area (Å²) in [6, 6.07) is 0. The van der Waals surface area contributed by atoms with Gasteiger partial charge in [-0.15, -0.1) is 0 Å². The van der Waals surface area contributed by atoms with Crippen molar-refractivity contribution >= 4 is 0 Å². The first-order valence-corrected chi connectivity index (χ1v) is 4.64. The zero-order valence-electron chi connectivity index (χ0n) is 7.91. The highest BCUT2D eigenvalue weighted by molar-refractivity contribution is 4.52. The molecule has 0 radical (unpaired) electrons. The largest absolute Gasteiger partial charge is 0.353 e. The molecule has 0 aromatic carbocycles. The molecule has 12 heavy (non-hydrogen) atoms. The van der Waals surface area contributed by atoms with Gasteiger partial charge in [0.05, 0.1) is 6.10 Å². The van der Waals surface area contributed by atoms with Gasteiger partial charge in [-0.25, -0.2) is 0 Å². The molecule has 1 unspecified atom stereocenters. The van der Waals surface area contributed by atoms with E-state index in [9.17, 15) is 0 Å². The second-order valence-electron chi connectivity index (χ2n) is 3.30. The Morgan fingerprint density at radius 2 is 2.25 bits per heavy atom. The molecule has 72 valence electrons. The van der Waals surface area contributed by atoms with Gasteiger partial charge in [-0.2, -0.15) is 0 Å². The molecule has 0 aromatic heterocycles. The first kappa shape index (κ1) is 9.96. The molecule has 0 saturated carbocycles. The van der Waals surface area contributed by atoms with Crippen LogP contribution in [0.2, 0.25) is 0 Å². The predicted octanol–water partition coefficient (Wildman–Crippen LogP) is 1.91. The van der Waals surface area contributed by atoms with Crippen LogP contribution in [0, 0.1) is 0 Å².